The second-order valence-electron chi connectivity index (χ2n) is 4.66. The number of anilines is 2. The summed E-state index contributed by atoms with van der Waals surface area (Å²) in [4.78, 5) is 11.2. The molecule has 0 aliphatic rings. The fraction of sp³-hybridized carbons (Fsp3) is 0.214. The minimum atomic E-state index is -1.06. The summed E-state index contributed by atoms with van der Waals surface area (Å²) >= 11 is 5.22. The number of benzene rings is 1. The van der Waals surface area contributed by atoms with Gasteiger partial charge < -0.3 is 15.7 Å². The summed E-state index contributed by atoms with van der Waals surface area (Å²) < 4.78 is 1.28. The lowest BCUT2D eigenvalue weighted by Crippen LogP contribution is -2.21. The van der Waals surface area contributed by atoms with Gasteiger partial charge in [-0.15, -0.1) is 0 Å². The van der Waals surface area contributed by atoms with Crippen LogP contribution in [0.5, 0.6) is 0 Å². The molecular formula is C14H16N4O2S. The van der Waals surface area contributed by atoms with Crippen molar-refractivity contribution in [3.63, 3.8) is 0 Å². The standard InChI is InChI=1S/C14H16N4O2S/c1-8-5-4-6-10(9(8)2)16-14(21)17-11-7-15-18(3)12(11)13(19)20/h4-7H,1-3H3,(H,19,20)(H2,16,17,21). The summed E-state index contributed by atoms with van der Waals surface area (Å²) in [6.45, 7) is 4.01. The number of carboxylic acids is 1. The molecule has 21 heavy (non-hydrogen) atoms. The van der Waals surface area contributed by atoms with Gasteiger partial charge in [0.15, 0.2) is 10.8 Å². The molecule has 0 saturated carbocycles. The molecule has 0 atom stereocenters. The molecule has 1 aromatic carbocycles. The van der Waals surface area contributed by atoms with Crippen LogP contribution in [0, 0.1) is 13.8 Å². The maximum absolute atomic E-state index is 11.2. The first-order chi connectivity index (χ1) is 9.90. The highest BCUT2D eigenvalue weighted by molar-refractivity contribution is 7.80. The minimum absolute atomic E-state index is 0.0557. The Morgan fingerprint density at radius 2 is 1.95 bits per heavy atom. The maximum Gasteiger partial charge on any atom is 0.356 e. The Kier molecular flexibility index (Phi) is 4.23. The van der Waals surface area contributed by atoms with Crippen LogP contribution in [-0.2, 0) is 7.05 Å². The number of hydrogen-bond donors (Lipinski definition) is 3. The first-order valence-corrected chi connectivity index (χ1v) is 6.70. The van der Waals surface area contributed by atoms with Crippen molar-refractivity contribution >= 4 is 34.7 Å². The lowest BCUT2D eigenvalue weighted by molar-refractivity contribution is 0.0686. The van der Waals surface area contributed by atoms with Crippen molar-refractivity contribution < 1.29 is 9.90 Å². The van der Waals surface area contributed by atoms with Crippen LogP contribution in [0.1, 0.15) is 21.6 Å². The van der Waals surface area contributed by atoms with E-state index < -0.39 is 5.97 Å². The van der Waals surface area contributed by atoms with Crippen molar-refractivity contribution in [1.29, 1.82) is 0 Å². The maximum atomic E-state index is 11.2. The fourth-order valence-electron chi connectivity index (χ4n) is 1.95. The Labute approximate surface area is 127 Å². The molecule has 3 N–H and O–H groups in total. The number of nitrogens with one attached hydrogen (secondary N) is 2. The summed E-state index contributed by atoms with van der Waals surface area (Å²) in [5.41, 5.74) is 3.53. The van der Waals surface area contributed by atoms with Crippen LogP contribution in [0.3, 0.4) is 0 Å². The van der Waals surface area contributed by atoms with Crippen molar-refractivity contribution in [3.05, 3.63) is 41.2 Å². The van der Waals surface area contributed by atoms with E-state index in [-0.39, 0.29) is 5.69 Å². The predicted molar refractivity (Wildman–Crippen MR) is 85.9 cm³/mol. The van der Waals surface area contributed by atoms with Gasteiger partial charge in [0.25, 0.3) is 0 Å². The average molecular weight is 304 g/mol. The lowest BCUT2D eigenvalue weighted by atomic mass is 10.1. The van der Waals surface area contributed by atoms with Crippen LogP contribution < -0.4 is 10.6 Å². The zero-order valence-electron chi connectivity index (χ0n) is 12.0. The van der Waals surface area contributed by atoms with E-state index in [2.05, 4.69) is 15.7 Å². The summed E-state index contributed by atoms with van der Waals surface area (Å²) in [7, 11) is 1.57. The smallest absolute Gasteiger partial charge is 0.356 e. The van der Waals surface area contributed by atoms with Crippen LogP contribution >= 0.6 is 12.2 Å². The Morgan fingerprint density at radius 3 is 2.62 bits per heavy atom. The molecule has 0 aliphatic carbocycles. The molecule has 110 valence electrons. The summed E-state index contributed by atoms with van der Waals surface area (Å²) in [6, 6.07) is 5.86. The van der Waals surface area contributed by atoms with E-state index in [9.17, 15) is 4.79 Å². The van der Waals surface area contributed by atoms with E-state index in [1.165, 1.54) is 10.9 Å². The normalized spacial score (nSPS) is 10.2. The molecule has 6 nitrogen and oxygen atoms in total. The highest BCUT2D eigenvalue weighted by Gasteiger charge is 2.16. The molecule has 0 bridgehead atoms. The van der Waals surface area contributed by atoms with Gasteiger partial charge in [-0.2, -0.15) is 5.10 Å². The minimum Gasteiger partial charge on any atom is -0.476 e. The van der Waals surface area contributed by atoms with Gasteiger partial charge in [0.05, 0.1) is 11.9 Å². The van der Waals surface area contributed by atoms with E-state index >= 15 is 0 Å². The van der Waals surface area contributed by atoms with Gasteiger partial charge in [0.2, 0.25) is 0 Å². The van der Waals surface area contributed by atoms with Crippen LogP contribution in [0.2, 0.25) is 0 Å². The number of thiocarbonyl (C=S) groups is 1. The largest absolute Gasteiger partial charge is 0.476 e. The van der Waals surface area contributed by atoms with Crippen molar-refractivity contribution in [2.75, 3.05) is 10.6 Å². The van der Waals surface area contributed by atoms with E-state index in [0.717, 1.165) is 16.8 Å². The van der Waals surface area contributed by atoms with Crippen LogP contribution in [0.4, 0.5) is 11.4 Å². The predicted octanol–water partition coefficient (Wildman–Crippen LogP) is 2.54. The molecule has 0 unspecified atom stereocenters. The Hall–Kier alpha value is -2.41. The number of rotatable bonds is 3. The first-order valence-electron chi connectivity index (χ1n) is 6.29. The molecule has 1 heterocycles. The van der Waals surface area contributed by atoms with Crippen molar-refractivity contribution in [2.45, 2.75) is 13.8 Å². The van der Waals surface area contributed by atoms with Gasteiger partial charge in [0, 0.05) is 12.7 Å². The number of aryl methyl sites for hydroxylation is 2. The van der Waals surface area contributed by atoms with E-state index in [0.29, 0.717) is 10.8 Å². The number of nitrogens with zero attached hydrogens (tertiary/aromatic N) is 2. The first kappa shape index (κ1) is 15.0. The molecule has 0 radical (unpaired) electrons. The highest BCUT2D eigenvalue weighted by Crippen LogP contribution is 2.19. The summed E-state index contributed by atoms with van der Waals surface area (Å²) in [5.74, 6) is -1.06. The van der Waals surface area contributed by atoms with E-state index in [1.54, 1.807) is 7.05 Å². The summed E-state index contributed by atoms with van der Waals surface area (Å²) in [5, 5.41) is 19.3. The second-order valence-corrected chi connectivity index (χ2v) is 5.07. The van der Waals surface area contributed by atoms with Crippen molar-refractivity contribution in [2.24, 2.45) is 7.05 Å². The molecule has 0 spiro atoms. The quantitative estimate of drug-likeness (QED) is 0.756. The van der Waals surface area contributed by atoms with Gasteiger partial charge >= 0.3 is 5.97 Å². The molecule has 0 saturated heterocycles. The Balaban J connectivity index is 2.16. The lowest BCUT2D eigenvalue weighted by Gasteiger charge is -2.13. The fourth-order valence-corrected chi connectivity index (χ4v) is 2.16. The summed E-state index contributed by atoms with van der Waals surface area (Å²) in [6.07, 6.45) is 1.43. The number of aromatic carboxylic acids is 1. The van der Waals surface area contributed by atoms with Gasteiger partial charge in [-0.05, 0) is 43.3 Å². The molecule has 1 aromatic heterocycles. The van der Waals surface area contributed by atoms with Gasteiger partial charge in [-0.25, -0.2) is 4.79 Å². The highest BCUT2D eigenvalue weighted by atomic mass is 32.1. The molecule has 0 amide bonds. The number of aromatic nitrogens is 2. The molecular weight excluding hydrogens is 288 g/mol. The molecule has 0 fully saturated rings. The molecule has 0 aliphatic heterocycles. The second kappa shape index (κ2) is 5.92. The number of hydrogen-bond acceptors (Lipinski definition) is 3. The van der Waals surface area contributed by atoms with Crippen LogP contribution in [0.25, 0.3) is 0 Å². The van der Waals surface area contributed by atoms with Crippen LogP contribution in [-0.4, -0.2) is 26.0 Å². The Bertz CT molecular complexity index is 709. The SMILES string of the molecule is Cc1cccc(NC(=S)Nc2cnn(C)c2C(=O)O)c1C. The monoisotopic (exact) mass is 304 g/mol. The van der Waals surface area contributed by atoms with Gasteiger partial charge in [-0.3, -0.25) is 4.68 Å². The Morgan fingerprint density at radius 1 is 1.29 bits per heavy atom. The molecule has 7 heteroatoms. The third-order valence-electron chi connectivity index (χ3n) is 3.24. The number of carboxylic acid groups (broad SMARTS) is 1. The zero-order chi connectivity index (χ0) is 15.6. The van der Waals surface area contributed by atoms with E-state index in [1.807, 2.05) is 32.0 Å². The zero-order valence-corrected chi connectivity index (χ0v) is 12.8. The van der Waals surface area contributed by atoms with Crippen molar-refractivity contribution in [3.8, 4) is 0 Å². The molecule has 2 rings (SSSR count). The van der Waals surface area contributed by atoms with Crippen molar-refractivity contribution in [1.82, 2.24) is 9.78 Å². The third-order valence-corrected chi connectivity index (χ3v) is 3.45. The van der Waals surface area contributed by atoms with E-state index in [4.69, 9.17) is 17.3 Å². The topological polar surface area (TPSA) is 79.2 Å². The van der Waals surface area contributed by atoms with Crippen LogP contribution in [0.15, 0.2) is 24.4 Å². The van der Waals surface area contributed by atoms with Gasteiger partial charge in [0.1, 0.15) is 0 Å². The average Bonchev–Trinajstić information content (AvgIpc) is 2.76. The third kappa shape index (κ3) is 3.19. The number of carbonyl (C=O) groups is 1. The molecule has 2 aromatic rings. The van der Waals surface area contributed by atoms with Gasteiger partial charge in [-0.1, -0.05) is 12.1 Å².